The summed E-state index contributed by atoms with van der Waals surface area (Å²) >= 11 is 9.11. The molecule has 4 nitrogen and oxygen atoms in total. The van der Waals surface area contributed by atoms with E-state index >= 15 is 0 Å². The Kier molecular flexibility index (Phi) is 4.87. The summed E-state index contributed by atoms with van der Waals surface area (Å²) in [7, 11) is 0. The number of halogens is 3. The molecule has 0 radical (unpaired) electrons. The highest BCUT2D eigenvalue weighted by atomic mass is 79.9. The fraction of sp³-hybridized carbons (Fsp3) is 0.176. The molecule has 0 fully saturated rings. The van der Waals surface area contributed by atoms with Gasteiger partial charge in [0.05, 0.1) is 5.02 Å². The first-order chi connectivity index (χ1) is 11.4. The Morgan fingerprint density at radius 1 is 1.25 bits per heavy atom. The van der Waals surface area contributed by atoms with Crippen LogP contribution in [-0.2, 0) is 16.0 Å². The number of carbonyl (C=O) groups is 2. The number of rotatable bonds is 3. The highest BCUT2D eigenvalue weighted by Gasteiger charge is 2.26. The van der Waals surface area contributed by atoms with E-state index in [4.69, 9.17) is 11.6 Å². The van der Waals surface area contributed by atoms with Gasteiger partial charge >= 0.3 is 0 Å². The first-order valence-electron chi connectivity index (χ1n) is 7.28. The molecular formula is C17H13BrClFN2O2. The second-order valence-corrected chi connectivity index (χ2v) is 6.75. The molecule has 1 aliphatic heterocycles. The molecule has 1 heterocycles. The van der Waals surface area contributed by atoms with Gasteiger partial charge in [-0.25, -0.2) is 4.39 Å². The molecule has 0 aromatic heterocycles. The number of hydrogen-bond donors (Lipinski definition) is 1. The summed E-state index contributed by atoms with van der Waals surface area (Å²) in [6.07, 6.45) is 1.01. The van der Waals surface area contributed by atoms with Crippen LogP contribution in [0.25, 0.3) is 0 Å². The number of aryl methyl sites for hydroxylation is 1. The predicted octanol–water partition coefficient (Wildman–Crippen LogP) is 4.16. The zero-order valence-corrected chi connectivity index (χ0v) is 14.8. The summed E-state index contributed by atoms with van der Waals surface area (Å²) in [5.41, 5.74) is 2.13. The van der Waals surface area contributed by atoms with Crippen LogP contribution in [-0.4, -0.2) is 18.4 Å². The third kappa shape index (κ3) is 3.60. The molecule has 0 bridgehead atoms. The third-order valence-electron chi connectivity index (χ3n) is 3.75. The highest BCUT2D eigenvalue weighted by Crippen LogP contribution is 2.30. The Labute approximate surface area is 151 Å². The Morgan fingerprint density at radius 3 is 2.79 bits per heavy atom. The molecule has 2 amide bonds. The molecule has 124 valence electrons. The molecule has 0 saturated heterocycles. The predicted molar refractivity (Wildman–Crippen MR) is 94.9 cm³/mol. The lowest BCUT2D eigenvalue weighted by Crippen LogP contribution is -2.40. The van der Waals surface area contributed by atoms with Gasteiger partial charge in [0.1, 0.15) is 12.4 Å². The number of amides is 2. The normalized spacial score (nSPS) is 13.6. The molecule has 0 atom stereocenters. The van der Waals surface area contributed by atoms with E-state index in [2.05, 4.69) is 21.2 Å². The summed E-state index contributed by atoms with van der Waals surface area (Å²) in [4.78, 5) is 25.9. The van der Waals surface area contributed by atoms with Gasteiger partial charge in [-0.1, -0.05) is 27.5 Å². The fourth-order valence-electron chi connectivity index (χ4n) is 2.62. The Bertz CT molecular complexity index is 828. The van der Waals surface area contributed by atoms with Gasteiger partial charge in [0.15, 0.2) is 0 Å². The van der Waals surface area contributed by atoms with Gasteiger partial charge in [-0.05, 0) is 48.4 Å². The van der Waals surface area contributed by atoms with Crippen molar-refractivity contribution in [2.75, 3.05) is 16.8 Å². The van der Waals surface area contributed by atoms with Crippen LogP contribution in [0.3, 0.4) is 0 Å². The monoisotopic (exact) mass is 410 g/mol. The van der Waals surface area contributed by atoms with Crippen LogP contribution in [0, 0.1) is 5.82 Å². The van der Waals surface area contributed by atoms with Crippen molar-refractivity contribution in [1.82, 2.24) is 0 Å². The SMILES string of the molecule is O=C(CN1C(=O)CCc2cc(Br)ccc21)Nc1ccc(F)c(Cl)c1. The number of nitrogens with zero attached hydrogens (tertiary/aromatic N) is 1. The van der Waals surface area contributed by atoms with Crippen molar-refractivity contribution in [1.29, 1.82) is 0 Å². The topological polar surface area (TPSA) is 49.4 Å². The summed E-state index contributed by atoms with van der Waals surface area (Å²) in [6.45, 7) is -0.109. The molecule has 7 heteroatoms. The zero-order valence-electron chi connectivity index (χ0n) is 12.5. The standard InChI is InChI=1S/C17H13BrClFN2O2/c18-11-2-5-15-10(7-11)1-6-17(24)22(15)9-16(23)21-12-3-4-14(20)13(19)8-12/h2-5,7-8H,1,6,9H2,(H,21,23). The summed E-state index contributed by atoms with van der Waals surface area (Å²) < 4.78 is 14.1. The van der Waals surface area contributed by atoms with Crippen molar-refractivity contribution in [3.8, 4) is 0 Å². The largest absolute Gasteiger partial charge is 0.324 e. The van der Waals surface area contributed by atoms with Gasteiger partial charge in [-0.3, -0.25) is 9.59 Å². The zero-order chi connectivity index (χ0) is 17.3. The van der Waals surface area contributed by atoms with Gasteiger partial charge < -0.3 is 10.2 Å². The average Bonchev–Trinajstić information content (AvgIpc) is 2.53. The van der Waals surface area contributed by atoms with E-state index in [1.165, 1.54) is 23.1 Å². The molecule has 1 aliphatic rings. The van der Waals surface area contributed by atoms with Crippen LogP contribution in [0.2, 0.25) is 5.02 Å². The molecule has 2 aromatic rings. The quantitative estimate of drug-likeness (QED) is 0.824. The lowest BCUT2D eigenvalue weighted by Gasteiger charge is -2.29. The minimum absolute atomic E-state index is 0.0722. The number of benzene rings is 2. The van der Waals surface area contributed by atoms with Gasteiger partial charge in [-0.2, -0.15) is 0 Å². The summed E-state index contributed by atoms with van der Waals surface area (Å²) in [5, 5.41) is 2.55. The second kappa shape index (κ2) is 6.91. The third-order valence-corrected chi connectivity index (χ3v) is 4.53. The molecule has 1 N–H and O–H groups in total. The number of carbonyl (C=O) groups excluding carboxylic acids is 2. The maximum Gasteiger partial charge on any atom is 0.244 e. The molecular weight excluding hydrogens is 399 g/mol. The minimum Gasteiger partial charge on any atom is -0.324 e. The first kappa shape index (κ1) is 16.9. The van der Waals surface area contributed by atoms with E-state index in [1.54, 1.807) is 0 Å². The van der Waals surface area contributed by atoms with E-state index < -0.39 is 5.82 Å². The maximum atomic E-state index is 13.2. The molecule has 0 saturated carbocycles. The second-order valence-electron chi connectivity index (χ2n) is 5.43. The summed E-state index contributed by atoms with van der Waals surface area (Å²) in [5.74, 6) is -1.03. The van der Waals surface area contributed by atoms with Gasteiger partial charge in [0.25, 0.3) is 0 Å². The Balaban J connectivity index is 1.76. The van der Waals surface area contributed by atoms with Crippen molar-refractivity contribution in [3.05, 3.63) is 57.3 Å². The molecule has 0 aliphatic carbocycles. The summed E-state index contributed by atoms with van der Waals surface area (Å²) in [6, 6.07) is 9.53. The highest BCUT2D eigenvalue weighted by molar-refractivity contribution is 9.10. The van der Waals surface area contributed by atoms with Gasteiger partial charge in [0.2, 0.25) is 11.8 Å². The van der Waals surface area contributed by atoms with Crippen LogP contribution in [0.5, 0.6) is 0 Å². The number of nitrogens with one attached hydrogen (secondary N) is 1. The fourth-order valence-corrected chi connectivity index (χ4v) is 3.21. The van der Waals surface area contributed by atoms with Crippen molar-refractivity contribution in [2.24, 2.45) is 0 Å². The van der Waals surface area contributed by atoms with Crippen molar-refractivity contribution in [3.63, 3.8) is 0 Å². The van der Waals surface area contributed by atoms with Crippen LogP contribution in [0.15, 0.2) is 40.9 Å². The Morgan fingerprint density at radius 2 is 2.04 bits per heavy atom. The average molecular weight is 412 g/mol. The van der Waals surface area contributed by atoms with Crippen LogP contribution in [0.1, 0.15) is 12.0 Å². The number of fused-ring (bicyclic) bond motifs is 1. The molecule has 24 heavy (non-hydrogen) atoms. The van der Waals surface area contributed by atoms with Crippen molar-refractivity contribution in [2.45, 2.75) is 12.8 Å². The van der Waals surface area contributed by atoms with Gasteiger partial charge in [0, 0.05) is 22.3 Å². The van der Waals surface area contributed by atoms with E-state index in [1.807, 2.05) is 18.2 Å². The van der Waals surface area contributed by atoms with E-state index in [0.717, 1.165) is 15.7 Å². The van der Waals surface area contributed by atoms with Crippen molar-refractivity contribution >= 4 is 50.7 Å². The number of hydrogen-bond acceptors (Lipinski definition) is 2. The minimum atomic E-state index is -0.555. The number of anilines is 2. The van der Waals surface area contributed by atoms with Crippen LogP contribution in [0.4, 0.5) is 15.8 Å². The molecule has 0 spiro atoms. The van der Waals surface area contributed by atoms with Gasteiger partial charge in [-0.15, -0.1) is 0 Å². The van der Waals surface area contributed by atoms with Crippen molar-refractivity contribution < 1.29 is 14.0 Å². The van der Waals surface area contributed by atoms with E-state index in [9.17, 15) is 14.0 Å². The molecule has 0 unspecified atom stereocenters. The van der Waals surface area contributed by atoms with E-state index in [0.29, 0.717) is 18.5 Å². The van der Waals surface area contributed by atoms with E-state index in [-0.39, 0.29) is 23.4 Å². The maximum absolute atomic E-state index is 13.2. The Hall–Kier alpha value is -1.92. The lowest BCUT2D eigenvalue weighted by molar-refractivity contribution is -0.121. The lowest BCUT2D eigenvalue weighted by atomic mass is 10.0. The smallest absolute Gasteiger partial charge is 0.244 e. The molecule has 3 rings (SSSR count). The van der Waals surface area contributed by atoms with Crippen LogP contribution < -0.4 is 10.2 Å². The first-order valence-corrected chi connectivity index (χ1v) is 8.45. The van der Waals surface area contributed by atoms with Crippen LogP contribution >= 0.6 is 27.5 Å². The molecule has 2 aromatic carbocycles.